The number of fused-ring (bicyclic) bond motifs is 1. The molecule has 1 N–H and O–H groups in total. The number of rotatable bonds is 5. The van der Waals surface area contributed by atoms with E-state index in [9.17, 15) is 0 Å². The summed E-state index contributed by atoms with van der Waals surface area (Å²) in [6, 6.07) is 10.9. The Morgan fingerprint density at radius 3 is 3.00 bits per heavy atom. The molecule has 1 saturated carbocycles. The van der Waals surface area contributed by atoms with Gasteiger partial charge in [0.15, 0.2) is 11.0 Å². The third-order valence-corrected chi connectivity index (χ3v) is 4.80. The average Bonchev–Trinajstić information content (AvgIpc) is 3.16. The summed E-state index contributed by atoms with van der Waals surface area (Å²) in [5.74, 6) is 1.69. The van der Waals surface area contributed by atoms with Gasteiger partial charge in [0.1, 0.15) is 0 Å². The smallest absolute Gasteiger partial charge is 0.191 e. The number of thioether (sulfide) groups is 1. The second kappa shape index (κ2) is 5.50. The molecule has 0 amide bonds. The van der Waals surface area contributed by atoms with Crippen LogP contribution in [0.1, 0.15) is 25.3 Å². The number of nitrogens with one attached hydrogen (secondary N) is 1. The van der Waals surface area contributed by atoms with Gasteiger partial charge in [-0.3, -0.25) is 4.57 Å². The van der Waals surface area contributed by atoms with Crippen LogP contribution in [0.2, 0.25) is 0 Å². The van der Waals surface area contributed by atoms with E-state index in [-0.39, 0.29) is 0 Å². The summed E-state index contributed by atoms with van der Waals surface area (Å²) in [4.78, 5) is 3.30. The number of hydrogen-bond acceptors (Lipinski definition) is 4. The number of aromatic nitrogens is 4. The zero-order chi connectivity index (χ0) is 14.9. The van der Waals surface area contributed by atoms with Crippen molar-refractivity contribution in [1.29, 1.82) is 5.26 Å². The lowest BCUT2D eigenvalue weighted by Crippen LogP contribution is -1.99. The first-order valence-corrected chi connectivity index (χ1v) is 8.38. The fourth-order valence-corrected chi connectivity index (χ4v) is 3.51. The summed E-state index contributed by atoms with van der Waals surface area (Å²) in [5.41, 5.74) is 2.21. The van der Waals surface area contributed by atoms with E-state index >= 15 is 0 Å². The molecule has 0 unspecified atom stereocenters. The van der Waals surface area contributed by atoms with Crippen LogP contribution in [0, 0.1) is 11.3 Å². The molecule has 4 rings (SSSR count). The Balaban J connectivity index is 1.77. The Labute approximate surface area is 132 Å². The average molecular weight is 309 g/mol. The fraction of sp³-hybridized carbons (Fsp3) is 0.312. The molecule has 5 nitrogen and oxygen atoms in total. The number of H-pyrrole nitrogens is 1. The largest absolute Gasteiger partial charge is 0.360 e. The van der Waals surface area contributed by atoms with E-state index in [1.54, 1.807) is 11.8 Å². The van der Waals surface area contributed by atoms with Crippen molar-refractivity contribution in [3.8, 4) is 17.5 Å². The summed E-state index contributed by atoms with van der Waals surface area (Å²) in [7, 11) is 0. The van der Waals surface area contributed by atoms with Gasteiger partial charge >= 0.3 is 0 Å². The quantitative estimate of drug-likeness (QED) is 0.575. The molecule has 3 aromatic rings. The molecule has 110 valence electrons. The van der Waals surface area contributed by atoms with Crippen LogP contribution < -0.4 is 0 Å². The van der Waals surface area contributed by atoms with Crippen molar-refractivity contribution in [2.75, 3.05) is 5.75 Å². The van der Waals surface area contributed by atoms with Crippen molar-refractivity contribution in [1.82, 2.24) is 19.7 Å². The molecule has 0 spiro atoms. The van der Waals surface area contributed by atoms with Crippen molar-refractivity contribution in [3.05, 3.63) is 30.5 Å². The number of aromatic amines is 1. The molecule has 1 aromatic carbocycles. The molecule has 22 heavy (non-hydrogen) atoms. The maximum Gasteiger partial charge on any atom is 0.191 e. The summed E-state index contributed by atoms with van der Waals surface area (Å²) >= 11 is 1.62. The molecular formula is C16H15N5S. The van der Waals surface area contributed by atoms with Crippen molar-refractivity contribution >= 4 is 22.7 Å². The number of para-hydroxylation sites is 1. The minimum atomic E-state index is 0.503. The summed E-state index contributed by atoms with van der Waals surface area (Å²) in [6.07, 6.45) is 4.90. The van der Waals surface area contributed by atoms with Crippen LogP contribution >= 0.6 is 11.8 Å². The highest BCUT2D eigenvalue weighted by atomic mass is 32.2. The van der Waals surface area contributed by atoms with E-state index < -0.39 is 0 Å². The third-order valence-electron chi connectivity index (χ3n) is 3.85. The number of hydrogen-bond donors (Lipinski definition) is 1. The fourth-order valence-electron chi connectivity index (χ4n) is 2.67. The van der Waals surface area contributed by atoms with E-state index in [2.05, 4.69) is 38.0 Å². The van der Waals surface area contributed by atoms with Crippen LogP contribution in [-0.2, 0) is 0 Å². The monoisotopic (exact) mass is 309 g/mol. The maximum absolute atomic E-state index is 8.70. The highest BCUT2D eigenvalue weighted by molar-refractivity contribution is 7.99. The minimum absolute atomic E-state index is 0.503. The molecule has 6 heteroatoms. The van der Waals surface area contributed by atoms with Gasteiger partial charge in [0.05, 0.1) is 6.07 Å². The Hall–Kier alpha value is -2.26. The van der Waals surface area contributed by atoms with Crippen molar-refractivity contribution in [2.24, 2.45) is 0 Å². The molecule has 0 atom stereocenters. The molecule has 1 aliphatic rings. The molecule has 1 fully saturated rings. The van der Waals surface area contributed by atoms with Gasteiger partial charge in [-0.15, -0.1) is 10.2 Å². The maximum atomic E-state index is 8.70. The second-order valence-corrected chi connectivity index (χ2v) is 6.47. The standard InChI is InChI=1S/C16H15N5S/c17-8-3-9-22-16-20-19-15(21(16)11-6-7-11)13-10-18-14-5-2-1-4-12(13)14/h1-2,4-5,10-11,18H,3,6-7,9H2. The van der Waals surface area contributed by atoms with Crippen LogP contribution in [0.3, 0.4) is 0 Å². The first-order chi connectivity index (χ1) is 10.9. The lowest BCUT2D eigenvalue weighted by atomic mass is 10.1. The SMILES string of the molecule is N#CCCSc1nnc(-c2c[nH]c3ccccc23)n1C1CC1. The molecular weight excluding hydrogens is 294 g/mol. The van der Waals surface area contributed by atoms with E-state index in [0.29, 0.717) is 12.5 Å². The first kappa shape index (κ1) is 13.4. The Morgan fingerprint density at radius 2 is 2.18 bits per heavy atom. The van der Waals surface area contributed by atoms with Crippen LogP contribution in [-0.4, -0.2) is 25.5 Å². The Morgan fingerprint density at radius 1 is 1.32 bits per heavy atom. The molecule has 0 bridgehead atoms. The van der Waals surface area contributed by atoms with Crippen LogP contribution in [0.4, 0.5) is 0 Å². The predicted molar refractivity (Wildman–Crippen MR) is 86.5 cm³/mol. The van der Waals surface area contributed by atoms with E-state index in [0.717, 1.165) is 27.8 Å². The summed E-state index contributed by atoms with van der Waals surface area (Å²) in [5, 5.41) is 19.6. The van der Waals surface area contributed by atoms with Gasteiger partial charge in [-0.2, -0.15) is 5.26 Å². The van der Waals surface area contributed by atoms with E-state index in [4.69, 9.17) is 5.26 Å². The normalized spacial score (nSPS) is 14.3. The highest BCUT2D eigenvalue weighted by Crippen LogP contribution is 2.42. The zero-order valence-electron chi connectivity index (χ0n) is 12.0. The molecule has 2 heterocycles. The lowest BCUT2D eigenvalue weighted by molar-refractivity contribution is 0.669. The van der Waals surface area contributed by atoms with Gasteiger partial charge < -0.3 is 4.98 Å². The minimum Gasteiger partial charge on any atom is -0.360 e. The first-order valence-electron chi connectivity index (χ1n) is 7.39. The van der Waals surface area contributed by atoms with Crippen molar-refractivity contribution in [3.63, 3.8) is 0 Å². The van der Waals surface area contributed by atoms with Gasteiger partial charge in [-0.25, -0.2) is 0 Å². The third kappa shape index (κ3) is 2.28. The van der Waals surface area contributed by atoms with Gasteiger partial charge in [-0.1, -0.05) is 30.0 Å². The van der Waals surface area contributed by atoms with Crippen LogP contribution in [0.25, 0.3) is 22.3 Å². The molecule has 0 saturated heterocycles. The van der Waals surface area contributed by atoms with Crippen molar-refractivity contribution < 1.29 is 0 Å². The predicted octanol–water partition coefficient (Wildman–Crippen LogP) is 3.77. The highest BCUT2D eigenvalue weighted by Gasteiger charge is 2.30. The summed E-state index contributed by atoms with van der Waals surface area (Å²) < 4.78 is 2.25. The topological polar surface area (TPSA) is 70.3 Å². The van der Waals surface area contributed by atoms with Gasteiger partial charge in [0.2, 0.25) is 0 Å². The van der Waals surface area contributed by atoms with Gasteiger partial charge in [0.25, 0.3) is 0 Å². The lowest BCUT2D eigenvalue weighted by Gasteiger charge is -2.07. The van der Waals surface area contributed by atoms with E-state index in [1.165, 1.54) is 18.2 Å². The molecule has 0 aliphatic heterocycles. The van der Waals surface area contributed by atoms with Gasteiger partial charge in [0, 0.05) is 40.9 Å². The van der Waals surface area contributed by atoms with Crippen LogP contribution in [0.15, 0.2) is 35.6 Å². The Bertz CT molecular complexity index is 853. The van der Waals surface area contributed by atoms with Crippen molar-refractivity contribution in [2.45, 2.75) is 30.5 Å². The van der Waals surface area contributed by atoms with Gasteiger partial charge in [-0.05, 0) is 18.9 Å². The van der Waals surface area contributed by atoms with E-state index in [1.807, 2.05) is 18.3 Å². The molecule has 0 radical (unpaired) electrons. The number of nitriles is 1. The Kier molecular flexibility index (Phi) is 3.35. The zero-order valence-corrected chi connectivity index (χ0v) is 12.8. The molecule has 2 aromatic heterocycles. The van der Waals surface area contributed by atoms with Crippen LogP contribution in [0.5, 0.6) is 0 Å². The summed E-state index contributed by atoms with van der Waals surface area (Å²) in [6.45, 7) is 0. The number of nitrogens with zero attached hydrogens (tertiary/aromatic N) is 4. The second-order valence-electron chi connectivity index (χ2n) is 5.41. The number of benzene rings is 1. The molecule has 1 aliphatic carbocycles.